The number of anilines is 1. The van der Waals surface area contributed by atoms with Crippen molar-refractivity contribution < 1.29 is 35.9 Å². The number of ether oxygens (including phenoxy) is 1. The number of benzene rings is 1. The predicted molar refractivity (Wildman–Crippen MR) is 144 cm³/mol. The first kappa shape index (κ1) is 31.4. The van der Waals surface area contributed by atoms with E-state index in [1.165, 1.54) is 0 Å². The molecule has 4 rings (SSSR count). The first-order valence-electron chi connectivity index (χ1n) is 13.6. The number of nitrogens with zero attached hydrogens (tertiary/aromatic N) is 6. The molecule has 1 aromatic carbocycles. The van der Waals surface area contributed by atoms with Crippen molar-refractivity contribution in [1.82, 2.24) is 19.9 Å². The number of hydrogen-bond acceptors (Lipinski definition) is 7. The minimum absolute atomic E-state index is 0.0612. The smallest absolute Gasteiger partial charge is 0.416 e. The van der Waals surface area contributed by atoms with Crippen molar-refractivity contribution in [3.8, 4) is 0 Å². The Morgan fingerprint density at radius 1 is 1.00 bits per heavy atom. The van der Waals surface area contributed by atoms with Crippen molar-refractivity contribution >= 4 is 18.3 Å². The van der Waals surface area contributed by atoms with Gasteiger partial charge in [0, 0.05) is 57.2 Å². The molecule has 3 heterocycles. The van der Waals surface area contributed by atoms with E-state index in [0.717, 1.165) is 5.56 Å². The third-order valence-electron chi connectivity index (χ3n) is 7.18. The van der Waals surface area contributed by atoms with E-state index in [9.17, 15) is 31.1 Å². The van der Waals surface area contributed by atoms with Crippen LogP contribution in [0, 0.1) is 0 Å². The number of amides is 1. The Morgan fingerprint density at radius 2 is 1.60 bits per heavy atom. The van der Waals surface area contributed by atoms with E-state index >= 15 is 0 Å². The van der Waals surface area contributed by atoms with Crippen molar-refractivity contribution in [3.63, 3.8) is 0 Å². The minimum Gasteiger partial charge on any atom is -0.444 e. The second-order valence-electron chi connectivity index (χ2n) is 11.7. The quantitative estimate of drug-likeness (QED) is 0.361. The average Bonchev–Trinajstić information content (AvgIpc) is 3.52. The zero-order valence-corrected chi connectivity index (χ0v) is 24.0. The maximum atomic E-state index is 13.6. The van der Waals surface area contributed by atoms with Crippen LogP contribution in [0.25, 0.3) is 0 Å². The van der Waals surface area contributed by atoms with E-state index < -0.39 is 41.2 Å². The minimum atomic E-state index is -4.98. The van der Waals surface area contributed by atoms with Crippen LogP contribution in [-0.4, -0.2) is 70.0 Å². The Balaban J connectivity index is 1.71. The van der Waals surface area contributed by atoms with Crippen molar-refractivity contribution in [2.45, 2.75) is 83.0 Å². The molecular formula is C28H34F6N6O2. The molecule has 8 nitrogen and oxygen atoms in total. The van der Waals surface area contributed by atoms with Crippen molar-refractivity contribution in [1.29, 1.82) is 0 Å². The van der Waals surface area contributed by atoms with Gasteiger partial charge in [-0.15, -0.1) is 0 Å². The third-order valence-corrected chi connectivity index (χ3v) is 7.18. The van der Waals surface area contributed by atoms with Crippen LogP contribution in [-0.2, 0) is 23.6 Å². The van der Waals surface area contributed by atoms with Crippen LogP contribution >= 0.6 is 0 Å². The van der Waals surface area contributed by atoms with E-state index in [2.05, 4.69) is 15.1 Å². The molecule has 3 atom stereocenters. The topological polar surface area (TPSA) is 74.2 Å². The molecule has 2 aromatic rings. The highest BCUT2D eigenvalue weighted by Crippen LogP contribution is 2.37. The standard InChI is InChI=1S/C28H34F6N6O2/c1-6-22-10-23(16-40(22)25(41)42-26(2,3)4)39(24-35-11-18(12-36-24)19-13-37-38(5)15-19)14-17-7-20(27(29,30)31)9-21(8-17)28(32,33)34/h7-9,11-13,19,22-23H,6,10,14-16H2,1-5H3/t19?,22-,23?/m1/s1. The summed E-state index contributed by atoms with van der Waals surface area (Å²) in [5.74, 6) is 0.0628. The summed E-state index contributed by atoms with van der Waals surface area (Å²) in [5.41, 5.74) is -3.00. The Bertz CT molecular complexity index is 1260. The lowest BCUT2D eigenvalue weighted by Gasteiger charge is -2.30. The van der Waals surface area contributed by atoms with Crippen LogP contribution in [0.5, 0.6) is 0 Å². The molecule has 1 fully saturated rings. The molecule has 2 aliphatic heterocycles. The second-order valence-corrected chi connectivity index (χ2v) is 11.7. The maximum absolute atomic E-state index is 13.6. The zero-order valence-electron chi connectivity index (χ0n) is 24.0. The van der Waals surface area contributed by atoms with E-state index in [1.807, 2.05) is 14.0 Å². The Labute approximate surface area is 240 Å². The van der Waals surface area contributed by atoms with E-state index in [0.29, 0.717) is 31.5 Å². The van der Waals surface area contributed by atoms with Crippen molar-refractivity contribution in [2.24, 2.45) is 5.10 Å². The molecule has 14 heteroatoms. The number of hydrazone groups is 1. The molecule has 2 unspecified atom stereocenters. The lowest BCUT2D eigenvalue weighted by molar-refractivity contribution is -0.143. The van der Waals surface area contributed by atoms with Crippen LogP contribution in [0.15, 0.2) is 35.7 Å². The van der Waals surface area contributed by atoms with E-state index in [1.54, 1.807) is 54.2 Å². The summed E-state index contributed by atoms with van der Waals surface area (Å²) < 4.78 is 87.2. The first-order chi connectivity index (χ1) is 19.4. The number of carbonyl (C=O) groups is 1. The fraction of sp³-hybridized carbons (Fsp3) is 0.571. The summed E-state index contributed by atoms with van der Waals surface area (Å²) in [6.45, 7) is 7.50. The summed E-state index contributed by atoms with van der Waals surface area (Å²) in [4.78, 5) is 25.1. The summed E-state index contributed by atoms with van der Waals surface area (Å²) in [6, 6.07) is 0.755. The van der Waals surface area contributed by atoms with Crippen LogP contribution in [0.4, 0.5) is 37.1 Å². The van der Waals surface area contributed by atoms with Gasteiger partial charge in [-0.1, -0.05) is 6.92 Å². The zero-order chi connectivity index (χ0) is 31.0. The lowest BCUT2D eigenvalue weighted by atomic mass is 10.0. The SMILES string of the molecule is CC[C@@H]1CC(N(Cc2cc(C(F)(F)F)cc(C(F)(F)F)c2)c2ncc(C3C=NN(C)C3)cn2)CN1C(=O)OC(C)(C)C. The molecule has 230 valence electrons. The maximum Gasteiger partial charge on any atom is 0.416 e. The van der Waals surface area contributed by atoms with Gasteiger partial charge in [0.25, 0.3) is 0 Å². The number of alkyl halides is 6. The number of aromatic nitrogens is 2. The number of hydrogen-bond donors (Lipinski definition) is 0. The summed E-state index contributed by atoms with van der Waals surface area (Å²) in [6.07, 6.45) is -4.64. The molecule has 0 radical (unpaired) electrons. The van der Waals surface area contributed by atoms with Gasteiger partial charge in [0.2, 0.25) is 5.95 Å². The third kappa shape index (κ3) is 7.43. The largest absolute Gasteiger partial charge is 0.444 e. The predicted octanol–water partition coefficient (Wildman–Crippen LogP) is 6.32. The van der Waals surface area contributed by atoms with Gasteiger partial charge in [0.05, 0.1) is 17.2 Å². The van der Waals surface area contributed by atoms with Crippen LogP contribution in [0.1, 0.15) is 68.7 Å². The average molecular weight is 601 g/mol. The summed E-state index contributed by atoms with van der Waals surface area (Å²) >= 11 is 0. The van der Waals surface area contributed by atoms with Crippen LogP contribution in [0.3, 0.4) is 0 Å². The van der Waals surface area contributed by atoms with Gasteiger partial charge in [-0.25, -0.2) is 14.8 Å². The number of carbonyl (C=O) groups excluding carboxylic acids is 1. The first-order valence-corrected chi connectivity index (χ1v) is 13.6. The molecule has 2 aliphatic rings. The molecule has 0 spiro atoms. The number of rotatable bonds is 6. The molecule has 0 saturated carbocycles. The normalized spacial score (nSPS) is 21.3. The van der Waals surface area contributed by atoms with Gasteiger partial charge in [-0.2, -0.15) is 31.4 Å². The molecule has 1 amide bonds. The summed E-state index contributed by atoms with van der Waals surface area (Å²) in [7, 11) is 1.82. The van der Waals surface area contributed by atoms with Gasteiger partial charge < -0.3 is 14.5 Å². The molecule has 1 aromatic heterocycles. The van der Waals surface area contributed by atoms with Gasteiger partial charge in [-0.05, 0) is 62.9 Å². The van der Waals surface area contributed by atoms with Gasteiger partial charge in [0.15, 0.2) is 0 Å². The van der Waals surface area contributed by atoms with Crippen molar-refractivity contribution in [3.05, 3.63) is 52.8 Å². The lowest BCUT2D eigenvalue weighted by Crippen LogP contribution is -2.42. The van der Waals surface area contributed by atoms with Crippen LogP contribution < -0.4 is 4.90 Å². The van der Waals surface area contributed by atoms with E-state index in [-0.39, 0.29) is 42.6 Å². The Kier molecular flexibility index (Phi) is 8.66. The molecular weight excluding hydrogens is 566 g/mol. The highest BCUT2D eigenvalue weighted by Gasteiger charge is 2.41. The Morgan fingerprint density at radius 3 is 2.07 bits per heavy atom. The van der Waals surface area contributed by atoms with E-state index in [4.69, 9.17) is 4.74 Å². The fourth-order valence-corrected chi connectivity index (χ4v) is 5.16. The molecule has 0 bridgehead atoms. The van der Waals surface area contributed by atoms with Gasteiger partial charge >= 0.3 is 18.4 Å². The number of likely N-dealkylation sites (tertiary alicyclic amines) is 1. The molecule has 1 saturated heterocycles. The highest BCUT2D eigenvalue weighted by molar-refractivity contribution is 5.70. The molecule has 0 aliphatic carbocycles. The van der Waals surface area contributed by atoms with Gasteiger partial charge in [-0.3, -0.25) is 5.01 Å². The molecule has 0 N–H and O–H groups in total. The number of likely N-dealkylation sites (N-methyl/N-ethyl adjacent to an activating group) is 1. The second kappa shape index (κ2) is 11.6. The number of halogens is 6. The monoisotopic (exact) mass is 600 g/mol. The van der Waals surface area contributed by atoms with Gasteiger partial charge in [0.1, 0.15) is 5.60 Å². The Hall–Kier alpha value is -3.58. The van der Waals surface area contributed by atoms with Crippen LogP contribution in [0.2, 0.25) is 0 Å². The van der Waals surface area contributed by atoms with Crippen molar-refractivity contribution in [2.75, 3.05) is 25.0 Å². The highest BCUT2D eigenvalue weighted by atomic mass is 19.4. The summed E-state index contributed by atoms with van der Waals surface area (Å²) in [5, 5.41) is 5.96. The molecule has 42 heavy (non-hydrogen) atoms. The fourth-order valence-electron chi connectivity index (χ4n) is 5.16.